The monoisotopic (exact) mass is 706 g/mol. The van der Waals surface area contributed by atoms with Gasteiger partial charge in [-0.1, -0.05) is 56.2 Å². The summed E-state index contributed by atoms with van der Waals surface area (Å²) in [5.41, 5.74) is 10.1. The first-order valence-electron chi connectivity index (χ1n) is 17.9. The molecule has 11 nitrogen and oxygen atoms in total. The molecule has 2 aromatic heterocycles. The average molecular weight is 707 g/mol. The van der Waals surface area contributed by atoms with E-state index in [4.69, 9.17) is 31.6 Å². The van der Waals surface area contributed by atoms with Crippen molar-refractivity contribution in [3.05, 3.63) is 82.8 Å². The fraction of sp³-hybridized carbons (Fsp3) is 0.526. The maximum atomic E-state index is 12.5. The number of aryl methyl sites for hydroxylation is 1. The molecule has 0 radical (unpaired) electrons. The van der Waals surface area contributed by atoms with Gasteiger partial charge in [0, 0.05) is 30.2 Å². The molecule has 1 saturated heterocycles. The number of nitrogens with zero attached hydrogens (tertiary/aromatic N) is 4. The molecule has 1 unspecified atom stereocenters. The molecule has 2 aliphatic rings. The molecule has 4 atom stereocenters. The summed E-state index contributed by atoms with van der Waals surface area (Å²) in [6.45, 7) is 9.75. The van der Waals surface area contributed by atoms with Crippen molar-refractivity contribution >= 4 is 29.2 Å². The van der Waals surface area contributed by atoms with E-state index in [9.17, 15) is 9.59 Å². The minimum absolute atomic E-state index is 0.165. The molecule has 1 fully saturated rings. The van der Waals surface area contributed by atoms with Crippen LogP contribution in [0.2, 0.25) is 5.02 Å². The maximum absolute atomic E-state index is 12.5. The Morgan fingerprint density at radius 3 is 2.72 bits per heavy atom. The molecule has 4 heterocycles. The number of nitrogens with two attached hydrogens (primary N) is 1. The first kappa shape index (κ1) is 37.3. The van der Waals surface area contributed by atoms with Crippen molar-refractivity contribution in [1.82, 2.24) is 20.2 Å². The molecule has 12 heteroatoms. The number of allylic oxidation sites excluding steroid dienone is 2. The van der Waals surface area contributed by atoms with Crippen LogP contribution in [0.3, 0.4) is 0 Å². The molecule has 270 valence electrons. The summed E-state index contributed by atoms with van der Waals surface area (Å²) >= 11 is 6.20. The number of ether oxygens (including phenoxy) is 2. The fourth-order valence-electron chi connectivity index (χ4n) is 6.20. The molecule has 0 spiro atoms. The van der Waals surface area contributed by atoms with Crippen LogP contribution in [0.1, 0.15) is 91.7 Å². The van der Waals surface area contributed by atoms with E-state index in [2.05, 4.69) is 52.5 Å². The van der Waals surface area contributed by atoms with Gasteiger partial charge in [0.15, 0.2) is 11.6 Å². The number of hydrogen-bond donors (Lipinski definition) is 2. The number of amides is 2. The lowest BCUT2D eigenvalue weighted by atomic mass is 9.95. The van der Waals surface area contributed by atoms with Crippen LogP contribution in [0.25, 0.3) is 0 Å². The molecule has 3 aromatic rings. The minimum atomic E-state index is -0.546. The molecule has 0 saturated carbocycles. The number of hydrogen-bond acceptors (Lipinski definition) is 8. The molecule has 50 heavy (non-hydrogen) atoms. The molecular formula is C38H51ClN6O5. The Morgan fingerprint density at radius 2 is 1.98 bits per heavy atom. The van der Waals surface area contributed by atoms with Crippen molar-refractivity contribution < 1.29 is 23.9 Å². The van der Waals surface area contributed by atoms with Gasteiger partial charge in [0.05, 0.1) is 43.7 Å². The summed E-state index contributed by atoms with van der Waals surface area (Å²) in [5.74, 6) is 1.54. The summed E-state index contributed by atoms with van der Waals surface area (Å²) in [6.07, 6.45) is 14.4. The number of halogens is 1. The summed E-state index contributed by atoms with van der Waals surface area (Å²) in [4.78, 5) is 37.2. The predicted molar refractivity (Wildman–Crippen MR) is 194 cm³/mol. The van der Waals surface area contributed by atoms with E-state index in [1.165, 1.54) is 5.56 Å². The van der Waals surface area contributed by atoms with Crippen molar-refractivity contribution in [2.45, 2.75) is 77.9 Å². The predicted octanol–water partition coefficient (Wildman–Crippen LogP) is 6.58. The third kappa shape index (κ3) is 10.5. The topological polar surface area (TPSA) is 134 Å². The number of pyridine rings is 1. The third-order valence-corrected chi connectivity index (χ3v) is 10.1. The van der Waals surface area contributed by atoms with Crippen LogP contribution in [-0.2, 0) is 16.0 Å². The number of fused-ring (bicyclic) bond motifs is 1. The van der Waals surface area contributed by atoms with Crippen molar-refractivity contribution in [2.24, 2.45) is 23.5 Å². The van der Waals surface area contributed by atoms with Crippen LogP contribution in [-0.4, -0.2) is 65.6 Å². The van der Waals surface area contributed by atoms with E-state index in [0.717, 1.165) is 63.1 Å². The Morgan fingerprint density at radius 1 is 1.16 bits per heavy atom. The molecule has 3 N–H and O–H groups in total. The van der Waals surface area contributed by atoms with Crippen molar-refractivity contribution in [1.29, 1.82) is 0 Å². The number of primary amides is 1. The largest absolute Gasteiger partial charge is 0.489 e. The quantitative estimate of drug-likeness (QED) is 0.112. The Bertz CT molecular complexity index is 1590. The zero-order valence-electron chi connectivity index (χ0n) is 29.4. The highest BCUT2D eigenvalue weighted by Gasteiger charge is 2.26. The van der Waals surface area contributed by atoms with Gasteiger partial charge < -0.3 is 20.1 Å². The number of aromatic nitrogens is 3. The number of anilines is 1. The summed E-state index contributed by atoms with van der Waals surface area (Å²) in [7, 11) is 0. The Labute approximate surface area is 300 Å². The van der Waals surface area contributed by atoms with E-state index in [-0.39, 0.29) is 29.7 Å². The van der Waals surface area contributed by atoms with Crippen molar-refractivity contribution in [2.75, 3.05) is 37.8 Å². The Balaban J connectivity index is 1.09. The highest BCUT2D eigenvalue weighted by Crippen LogP contribution is 2.33. The van der Waals surface area contributed by atoms with Crippen LogP contribution >= 0.6 is 11.6 Å². The van der Waals surface area contributed by atoms with Crippen LogP contribution in [0, 0.1) is 17.8 Å². The Hall–Kier alpha value is -3.93. The third-order valence-electron chi connectivity index (χ3n) is 9.84. The zero-order chi connectivity index (χ0) is 35.5. The first-order valence-corrected chi connectivity index (χ1v) is 18.2. The SMILES string of the molecule is CC[C@@H](C/C=C/C[C@H](C)[C@@H](C)ONC(=O)c1cnn(C2COC2)c1)CCN1CC(CCCc2cccc(Cl)c2)COc2ccc(C(N)=O)nc21. The number of hydroxylamine groups is 1. The number of benzene rings is 1. The maximum Gasteiger partial charge on any atom is 0.278 e. The van der Waals surface area contributed by atoms with Gasteiger partial charge in [0.2, 0.25) is 0 Å². The van der Waals surface area contributed by atoms with Gasteiger partial charge >= 0.3 is 0 Å². The highest BCUT2D eigenvalue weighted by molar-refractivity contribution is 6.30. The van der Waals surface area contributed by atoms with Crippen LogP contribution < -0.4 is 20.9 Å². The van der Waals surface area contributed by atoms with Gasteiger partial charge in [-0.05, 0) is 87.1 Å². The van der Waals surface area contributed by atoms with Crippen molar-refractivity contribution in [3.8, 4) is 5.75 Å². The summed E-state index contributed by atoms with van der Waals surface area (Å²) in [5, 5.41) is 5.02. The second-order valence-electron chi connectivity index (χ2n) is 13.7. The van der Waals surface area contributed by atoms with Gasteiger partial charge in [-0.2, -0.15) is 5.10 Å². The second-order valence-corrected chi connectivity index (χ2v) is 14.1. The molecule has 2 aliphatic heterocycles. The molecular weight excluding hydrogens is 656 g/mol. The van der Waals surface area contributed by atoms with Gasteiger partial charge in [-0.3, -0.25) is 19.1 Å². The van der Waals surface area contributed by atoms with Crippen molar-refractivity contribution in [3.63, 3.8) is 0 Å². The minimum Gasteiger partial charge on any atom is -0.489 e. The van der Waals surface area contributed by atoms with E-state index in [0.29, 0.717) is 48.8 Å². The number of rotatable bonds is 18. The van der Waals surface area contributed by atoms with E-state index < -0.39 is 5.91 Å². The van der Waals surface area contributed by atoms with E-state index in [1.807, 2.05) is 31.2 Å². The van der Waals surface area contributed by atoms with Gasteiger partial charge in [0.25, 0.3) is 11.8 Å². The Kier molecular flexibility index (Phi) is 13.7. The number of carbonyl (C=O) groups is 2. The molecule has 1 aromatic carbocycles. The number of nitrogens with one attached hydrogen (secondary N) is 1. The van der Waals surface area contributed by atoms with E-state index in [1.54, 1.807) is 23.1 Å². The van der Waals surface area contributed by atoms with Crippen LogP contribution in [0.5, 0.6) is 5.75 Å². The lowest BCUT2D eigenvalue weighted by Crippen LogP contribution is -2.32. The average Bonchev–Trinajstić information content (AvgIpc) is 3.49. The molecule has 2 amide bonds. The fourth-order valence-corrected chi connectivity index (χ4v) is 6.41. The summed E-state index contributed by atoms with van der Waals surface area (Å²) in [6, 6.07) is 11.7. The van der Waals surface area contributed by atoms with Gasteiger partial charge in [-0.25, -0.2) is 10.5 Å². The lowest BCUT2D eigenvalue weighted by molar-refractivity contribution is -0.0306. The zero-order valence-corrected chi connectivity index (χ0v) is 30.2. The highest BCUT2D eigenvalue weighted by atomic mass is 35.5. The standard InChI is InChI=1S/C38H51ClN6O5/c1-4-28(10-6-5-9-26(2)27(3)50-43-38(47)31-20-41-45(22-31)33-24-48-25-33)17-18-44-21-30(13-7-11-29-12-8-14-32(39)19-29)23-49-35-16-15-34(36(40)46)42-37(35)44/h5-6,8,12,14-16,19-20,22,26-28,30,33H,4,7,9-11,13,17-18,21,23-25H2,1-3H3,(H2,40,46)(H,43,47)/b6-5+/t26-,27+,28-,30?/m0/s1. The second kappa shape index (κ2) is 18.3. The normalized spacial score (nSPS) is 18.1. The van der Waals surface area contributed by atoms with Gasteiger partial charge in [0.1, 0.15) is 5.69 Å². The number of carbonyl (C=O) groups excluding carboxylic acids is 2. The molecule has 5 rings (SSSR count). The van der Waals surface area contributed by atoms with Crippen LogP contribution in [0.4, 0.5) is 5.82 Å². The first-order chi connectivity index (χ1) is 24.2. The van der Waals surface area contributed by atoms with Crippen LogP contribution in [0.15, 0.2) is 60.9 Å². The molecule has 0 aliphatic carbocycles. The summed E-state index contributed by atoms with van der Waals surface area (Å²) < 4.78 is 13.2. The smallest absolute Gasteiger partial charge is 0.278 e. The lowest BCUT2D eigenvalue weighted by Gasteiger charge is -2.27. The molecule has 0 bridgehead atoms. The van der Waals surface area contributed by atoms with Gasteiger partial charge in [-0.15, -0.1) is 0 Å². The van der Waals surface area contributed by atoms with E-state index >= 15 is 0 Å².